The quantitative estimate of drug-likeness (QED) is 0.809. The highest BCUT2D eigenvalue weighted by Gasteiger charge is 2.48. The van der Waals surface area contributed by atoms with E-state index < -0.39 is 0 Å². The third-order valence-corrected chi connectivity index (χ3v) is 4.57. The summed E-state index contributed by atoms with van der Waals surface area (Å²) in [7, 11) is 4.30. The lowest BCUT2D eigenvalue weighted by molar-refractivity contribution is 0.0214. The first-order valence-corrected chi connectivity index (χ1v) is 7.14. The SMILES string of the molecule is CN(C)CC[C@@]12CCCC[C@@H]1c1ccccc1O2. The van der Waals surface area contributed by atoms with Gasteiger partial charge in [0, 0.05) is 24.4 Å². The topological polar surface area (TPSA) is 12.5 Å². The average molecular weight is 245 g/mol. The van der Waals surface area contributed by atoms with Crippen molar-refractivity contribution in [2.45, 2.75) is 43.6 Å². The Morgan fingerprint density at radius 1 is 1.28 bits per heavy atom. The van der Waals surface area contributed by atoms with Crippen LogP contribution in [0.25, 0.3) is 0 Å². The summed E-state index contributed by atoms with van der Waals surface area (Å²) in [4.78, 5) is 2.27. The molecule has 0 N–H and O–H groups in total. The normalized spacial score (nSPS) is 29.8. The Morgan fingerprint density at radius 3 is 2.94 bits per heavy atom. The van der Waals surface area contributed by atoms with Crippen molar-refractivity contribution in [3.8, 4) is 5.75 Å². The first-order chi connectivity index (χ1) is 8.71. The zero-order valence-electron chi connectivity index (χ0n) is 11.5. The van der Waals surface area contributed by atoms with Gasteiger partial charge in [-0.05, 0) is 39.4 Å². The molecule has 98 valence electrons. The van der Waals surface area contributed by atoms with Crippen molar-refractivity contribution in [3.05, 3.63) is 29.8 Å². The van der Waals surface area contributed by atoms with E-state index >= 15 is 0 Å². The molecular formula is C16H23NO. The number of hydrogen-bond donors (Lipinski definition) is 0. The molecule has 0 radical (unpaired) electrons. The third kappa shape index (κ3) is 1.93. The fraction of sp³-hybridized carbons (Fsp3) is 0.625. The minimum atomic E-state index is 0.0895. The minimum Gasteiger partial charge on any atom is -0.486 e. The molecular weight excluding hydrogens is 222 g/mol. The lowest BCUT2D eigenvalue weighted by Crippen LogP contribution is -2.42. The van der Waals surface area contributed by atoms with E-state index in [1.54, 1.807) is 0 Å². The second kappa shape index (κ2) is 4.58. The number of para-hydroxylation sites is 1. The standard InChI is InChI=1S/C16H23NO/c1-17(2)12-11-16-10-6-5-8-14(16)13-7-3-4-9-15(13)18-16/h3-4,7,9,14H,5-6,8,10-12H2,1-2H3/t14-,16+/m1/s1. The van der Waals surface area contributed by atoms with Crippen LogP contribution in [0.2, 0.25) is 0 Å². The zero-order valence-corrected chi connectivity index (χ0v) is 11.5. The summed E-state index contributed by atoms with van der Waals surface area (Å²) >= 11 is 0. The van der Waals surface area contributed by atoms with Crippen LogP contribution < -0.4 is 4.74 Å². The molecule has 1 aromatic carbocycles. The lowest BCUT2D eigenvalue weighted by Gasteiger charge is -2.39. The van der Waals surface area contributed by atoms with E-state index in [0.717, 1.165) is 18.7 Å². The summed E-state index contributed by atoms with van der Waals surface area (Å²) < 4.78 is 6.42. The van der Waals surface area contributed by atoms with Crippen LogP contribution in [0.3, 0.4) is 0 Å². The second-order valence-corrected chi connectivity index (χ2v) is 6.06. The molecule has 1 fully saturated rings. The molecule has 3 rings (SSSR count). The molecule has 1 aromatic rings. The summed E-state index contributed by atoms with van der Waals surface area (Å²) in [5.74, 6) is 1.77. The van der Waals surface area contributed by atoms with E-state index in [1.165, 1.54) is 31.2 Å². The Balaban J connectivity index is 1.89. The number of ether oxygens (including phenoxy) is 1. The monoisotopic (exact) mass is 245 g/mol. The van der Waals surface area contributed by atoms with Crippen LogP contribution in [-0.4, -0.2) is 31.1 Å². The van der Waals surface area contributed by atoms with Crippen LogP contribution in [0.5, 0.6) is 5.75 Å². The predicted octanol–water partition coefficient (Wildman–Crippen LogP) is 3.43. The molecule has 1 aliphatic heterocycles. The van der Waals surface area contributed by atoms with Gasteiger partial charge in [0.1, 0.15) is 11.4 Å². The predicted molar refractivity (Wildman–Crippen MR) is 74.2 cm³/mol. The molecule has 0 bridgehead atoms. The van der Waals surface area contributed by atoms with Gasteiger partial charge in [0.2, 0.25) is 0 Å². The van der Waals surface area contributed by atoms with E-state index in [0.29, 0.717) is 5.92 Å². The Morgan fingerprint density at radius 2 is 2.11 bits per heavy atom. The van der Waals surface area contributed by atoms with Gasteiger partial charge in [-0.3, -0.25) is 0 Å². The summed E-state index contributed by atoms with van der Waals surface area (Å²) in [6, 6.07) is 8.66. The highest BCUT2D eigenvalue weighted by Crippen LogP contribution is 2.53. The molecule has 0 aromatic heterocycles. The van der Waals surface area contributed by atoms with Crippen LogP contribution in [-0.2, 0) is 0 Å². The summed E-state index contributed by atoms with van der Waals surface area (Å²) in [5, 5.41) is 0. The highest BCUT2D eigenvalue weighted by atomic mass is 16.5. The van der Waals surface area contributed by atoms with Crippen LogP contribution in [0.15, 0.2) is 24.3 Å². The molecule has 2 atom stereocenters. The molecule has 1 heterocycles. The zero-order chi connectivity index (χ0) is 12.6. The lowest BCUT2D eigenvalue weighted by atomic mass is 9.72. The number of fused-ring (bicyclic) bond motifs is 3. The molecule has 1 saturated carbocycles. The molecule has 18 heavy (non-hydrogen) atoms. The van der Waals surface area contributed by atoms with Crippen LogP contribution >= 0.6 is 0 Å². The Bertz CT molecular complexity index is 429. The van der Waals surface area contributed by atoms with Crippen molar-refractivity contribution in [2.75, 3.05) is 20.6 Å². The number of benzene rings is 1. The van der Waals surface area contributed by atoms with Crippen LogP contribution in [0.1, 0.15) is 43.6 Å². The Labute approximate surface area is 110 Å². The van der Waals surface area contributed by atoms with Gasteiger partial charge >= 0.3 is 0 Å². The van der Waals surface area contributed by atoms with Crippen molar-refractivity contribution in [1.29, 1.82) is 0 Å². The van der Waals surface area contributed by atoms with E-state index in [9.17, 15) is 0 Å². The molecule has 0 unspecified atom stereocenters. The molecule has 0 saturated heterocycles. The molecule has 0 amide bonds. The van der Waals surface area contributed by atoms with Crippen molar-refractivity contribution < 1.29 is 4.74 Å². The fourth-order valence-electron chi connectivity index (χ4n) is 3.61. The van der Waals surface area contributed by atoms with Gasteiger partial charge in [-0.1, -0.05) is 24.6 Å². The molecule has 2 heteroatoms. The van der Waals surface area contributed by atoms with E-state index in [-0.39, 0.29) is 5.60 Å². The Hall–Kier alpha value is -1.02. The van der Waals surface area contributed by atoms with Crippen molar-refractivity contribution >= 4 is 0 Å². The van der Waals surface area contributed by atoms with Gasteiger partial charge in [0.15, 0.2) is 0 Å². The van der Waals surface area contributed by atoms with Crippen molar-refractivity contribution in [1.82, 2.24) is 4.90 Å². The summed E-state index contributed by atoms with van der Waals surface area (Å²) in [6.07, 6.45) is 6.34. The molecule has 2 aliphatic rings. The van der Waals surface area contributed by atoms with Crippen molar-refractivity contribution in [3.63, 3.8) is 0 Å². The van der Waals surface area contributed by atoms with E-state index in [2.05, 4.69) is 43.3 Å². The van der Waals surface area contributed by atoms with E-state index in [4.69, 9.17) is 4.74 Å². The maximum atomic E-state index is 6.42. The van der Waals surface area contributed by atoms with Crippen LogP contribution in [0.4, 0.5) is 0 Å². The summed E-state index contributed by atoms with van der Waals surface area (Å²) in [5.41, 5.74) is 1.54. The Kier molecular flexibility index (Phi) is 3.06. The largest absolute Gasteiger partial charge is 0.486 e. The van der Waals surface area contributed by atoms with Crippen molar-refractivity contribution in [2.24, 2.45) is 0 Å². The highest BCUT2D eigenvalue weighted by molar-refractivity contribution is 5.43. The van der Waals surface area contributed by atoms with Gasteiger partial charge in [-0.15, -0.1) is 0 Å². The van der Waals surface area contributed by atoms with Gasteiger partial charge in [0.25, 0.3) is 0 Å². The van der Waals surface area contributed by atoms with Gasteiger partial charge < -0.3 is 9.64 Å². The number of rotatable bonds is 3. The molecule has 2 nitrogen and oxygen atoms in total. The van der Waals surface area contributed by atoms with Gasteiger partial charge in [0.05, 0.1) is 0 Å². The second-order valence-electron chi connectivity index (χ2n) is 6.06. The first-order valence-electron chi connectivity index (χ1n) is 7.14. The maximum Gasteiger partial charge on any atom is 0.123 e. The maximum absolute atomic E-state index is 6.42. The fourth-order valence-corrected chi connectivity index (χ4v) is 3.61. The van der Waals surface area contributed by atoms with Gasteiger partial charge in [-0.25, -0.2) is 0 Å². The third-order valence-electron chi connectivity index (χ3n) is 4.57. The van der Waals surface area contributed by atoms with E-state index in [1.807, 2.05) is 0 Å². The molecule has 0 spiro atoms. The minimum absolute atomic E-state index is 0.0895. The average Bonchev–Trinajstić information content (AvgIpc) is 2.71. The molecule has 1 aliphatic carbocycles. The summed E-state index contributed by atoms with van der Waals surface area (Å²) in [6.45, 7) is 1.12. The number of hydrogen-bond acceptors (Lipinski definition) is 2. The smallest absolute Gasteiger partial charge is 0.123 e. The van der Waals surface area contributed by atoms with Gasteiger partial charge in [-0.2, -0.15) is 0 Å². The first kappa shape index (κ1) is 12.0. The number of nitrogens with zero attached hydrogens (tertiary/aromatic N) is 1. The van der Waals surface area contributed by atoms with Crippen LogP contribution in [0, 0.1) is 0 Å².